The van der Waals surface area contributed by atoms with Gasteiger partial charge in [0.2, 0.25) is 5.28 Å². The van der Waals surface area contributed by atoms with E-state index in [1.165, 1.54) is 24.7 Å². The van der Waals surface area contributed by atoms with E-state index in [9.17, 15) is 19.6 Å². The summed E-state index contributed by atoms with van der Waals surface area (Å²) in [5.74, 6) is -0.436. The molecule has 2 aromatic heterocycles. The minimum absolute atomic E-state index is 0.0256. The number of aliphatic hydroxyl groups is 2. The van der Waals surface area contributed by atoms with Crippen LogP contribution < -0.4 is 15.3 Å². The van der Waals surface area contributed by atoms with E-state index in [2.05, 4.69) is 20.0 Å². The van der Waals surface area contributed by atoms with Crippen molar-refractivity contribution >= 4 is 42.3 Å². The summed E-state index contributed by atoms with van der Waals surface area (Å²) in [6, 6.07) is 7.12. The summed E-state index contributed by atoms with van der Waals surface area (Å²) in [6.45, 7) is 4.05. The number of nitrogens with one attached hydrogen (secondary N) is 1. The maximum absolute atomic E-state index is 13.7. The number of anilines is 1. The number of aliphatic hydroxyl groups excluding tert-OH is 1. The van der Waals surface area contributed by atoms with Crippen LogP contribution in [0.15, 0.2) is 36.7 Å². The highest BCUT2D eigenvalue weighted by molar-refractivity contribution is 7.52. The van der Waals surface area contributed by atoms with Crippen LogP contribution >= 0.6 is 19.3 Å². The van der Waals surface area contributed by atoms with Gasteiger partial charge in [0.25, 0.3) is 0 Å². The van der Waals surface area contributed by atoms with Crippen molar-refractivity contribution in [2.24, 2.45) is 0 Å². The molecule has 1 fully saturated rings. The van der Waals surface area contributed by atoms with Gasteiger partial charge in [0, 0.05) is 0 Å². The van der Waals surface area contributed by atoms with Crippen LogP contribution in [0.3, 0.4) is 0 Å². The number of ether oxygens (including phenoxy) is 2. The normalized spacial score (nSPS) is 25.7. The van der Waals surface area contributed by atoms with Gasteiger partial charge in [-0.25, -0.2) is 9.55 Å². The van der Waals surface area contributed by atoms with Gasteiger partial charge in [-0.2, -0.15) is 15.1 Å². The van der Waals surface area contributed by atoms with E-state index in [1.54, 1.807) is 37.3 Å². The molecule has 3 heterocycles. The second-order valence-corrected chi connectivity index (χ2v) is 10.7. The van der Waals surface area contributed by atoms with E-state index >= 15 is 0 Å². The molecule has 0 aliphatic carbocycles. The summed E-state index contributed by atoms with van der Waals surface area (Å²) in [5, 5.41) is 24.4. The average molecular weight is 571 g/mol. The zero-order chi connectivity index (χ0) is 27.7. The van der Waals surface area contributed by atoms with E-state index in [1.807, 2.05) is 0 Å². The lowest BCUT2D eigenvalue weighted by Gasteiger charge is -2.27. The number of benzene rings is 1. The molecular weight excluding hydrogens is 543 g/mol. The second kappa shape index (κ2) is 11.1. The van der Waals surface area contributed by atoms with Crippen LogP contribution in [0.2, 0.25) is 5.28 Å². The van der Waals surface area contributed by atoms with Crippen molar-refractivity contribution in [3.8, 4) is 5.75 Å². The standard InChI is InChI=1S/C22H28ClN6O8P/c1-4-34-19(31)12(2)28-38(33,37-13-8-6-5-7-9-13)35-10-14-16(30)22(3,32)20(36-14)29-11-25-15-17(24)26-21(23)27-18(15)29/h5-9,11-12,14,16,20,30,32H,4,10H2,1-3H3,(H,28,33)(H2,24,26,27)/t12-,14+,16+,20+,22+,38?/m0/s1. The minimum Gasteiger partial charge on any atom is -0.465 e. The molecule has 1 aliphatic rings. The Bertz CT molecular complexity index is 1340. The summed E-state index contributed by atoms with van der Waals surface area (Å²) >= 11 is 5.94. The third-order valence-corrected chi connectivity index (χ3v) is 7.61. The molecule has 5 N–H and O–H groups in total. The van der Waals surface area contributed by atoms with Gasteiger partial charge in [0.05, 0.1) is 19.5 Å². The quantitative estimate of drug-likeness (QED) is 0.157. The van der Waals surface area contributed by atoms with Gasteiger partial charge in [-0.3, -0.25) is 13.9 Å². The number of nitrogen functional groups attached to an aromatic ring is 1. The molecule has 6 atom stereocenters. The van der Waals surface area contributed by atoms with E-state index in [-0.39, 0.29) is 34.6 Å². The zero-order valence-corrected chi connectivity index (χ0v) is 22.4. The first kappa shape index (κ1) is 28.2. The first-order valence-corrected chi connectivity index (χ1v) is 13.5. The fourth-order valence-corrected chi connectivity index (χ4v) is 5.57. The second-order valence-electron chi connectivity index (χ2n) is 8.70. The van der Waals surface area contributed by atoms with Crippen LogP contribution in [0.4, 0.5) is 5.82 Å². The third-order valence-electron chi connectivity index (χ3n) is 5.80. The molecule has 0 amide bonds. The van der Waals surface area contributed by atoms with Crippen LogP contribution in [-0.2, 0) is 23.4 Å². The molecule has 1 saturated heterocycles. The Morgan fingerprint density at radius 1 is 1.37 bits per heavy atom. The molecular formula is C22H28ClN6O8P. The maximum atomic E-state index is 13.7. The number of carbonyl (C=O) groups excluding carboxylic acids is 1. The van der Waals surface area contributed by atoms with Crippen molar-refractivity contribution in [2.45, 2.75) is 50.8 Å². The number of para-hydroxylation sites is 1. The van der Waals surface area contributed by atoms with E-state index in [4.69, 9.17) is 35.9 Å². The van der Waals surface area contributed by atoms with Gasteiger partial charge in [0.15, 0.2) is 17.7 Å². The van der Waals surface area contributed by atoms with Gasteiger partial charge < -0.3 is 29.9 Å². The van der Waals surface area contributed by atoms with Crippen LogP contribution in [0.1, 0.15) is 27.0 Å². The molecule has 14 nitrogen and oxygen atoms in total. The lowest BCUT2D eigenvalue weighted by Crippen LogP contribution is -2.44. The average Bonchev–Trinajstić information content (AvgIpc) is 3.37. The number of nitrogens with zero attached hydrogens (tertiary/aromatic N) is 4. The number of nitrogens with two attached hydrogens (primary N) is 1. The number of imidazole rings is 1. The molecule has 206 valence electrons. The van der Waals surface area contributed by atoms with E-state index in [0.717, 1.165) is 0 Å². The highest BCUT2D eigenvalue weighted by Crippen LogP contribution is 2.47. The number of aromatic nitrogens is 4. The topological polar surface area (TPSA) is 193 Å². The monoisotopic (exact) mass is 570 g/mol. The molecule has 0 spiro atoms. The van der Waals surface area contributed by atoms with Crippen LogP contribution in [-0.4, -0.2) is 72.8 Å². The molecule has 38 heavy (non-hydrogen) atoms. The number of carbonyl (C=O) groups is 1. The Kier molecular flexibility index (Phi) is 8.23. The summed E-state index contributed by atoms with van der Waals surface area (Å²) in [5.41, 5.74) is 4.38. The molecule has 1 aromatic carbocycles. The molecule has 0 radical (unpaired) electrons. The van der Waals surface area contributed by atoms with Crippen LogP contribution in [0.5, 0.6) is 5.75 Å². The van der Waals surface area contributed by atoms with Crippen molar-refractivity contribution in [1.82, 2.24) is 24.6 Å². The Labute approximate surface area is 222 Å². The van der Waals surface area contributed by atoms with Crippen LogP contribution in [0, 0.1) is 0 Å². The van der Waals surface area contributed by atoms with Crippen molar-refractivity contribution in [2.75, 3.05) is 18.9 Å². The van der Waals surface area contributed by atoms with Crippen LogP contribution in [0.25, 0.3) is 11.2 Å². The molecule has 3 aromatic rings. The first-order chi connectivity index (χ1) is 17.9. The summed E-state index contributed by atoms with van der Waals surface area (Å²) in [6.07, 6.45) is -2.59. The fourth-order valence-electron chi connectivity index (χ4n) is 3.90. The molecule has 0 bridgehead atoms. The van der Waals surface area contributed by atoms with Crippen molar-refractivity contribution < 1.29 is 38.1 Å². The molecule has 0 saturated carbocycles. The van der Waals surface area contributed by atoms with E-state index in [0.29, 0.717) is 0 Å². The lowest BCUT2D eigenvalue weighted by molar-refractivity contribution is -0.144. The Morgan fingerprint density at radius 2 is 2.08 bits per heavy atom. The highest BCUT2D eigenvalue weighted by Gasteiger charge is 2.54. The number of esters is 1. The fraction of sp³-hybridized carbons (Fsp3) is 0.455. The van der Waals surface area contributed by atoms with Crippen molar-refractivity contribution in [1.29, 1.82) is 0 Å². The van der Waals surface area contributed by atoms with Crippen molar-refractivity contribution in [3.63, 3.8) is 0 Å². The third kappa shape index (κ3) is 5.76. The Morgan fingerprint density at radius 3 is 2.76 bits per heavy atom. The largest absolute Gasteiger partial charge is 0.465 e. The van der Waals surface area contributed by atoms with E-state index < -0.39 is 50.4 Å². The van der Waals surface area contributed by atoms with Gasteiger partial charge in [-0.05, 0) is 44.5 Å². The minimum atomic E-state index is -4.23. The highest BCUT2D eigenvalue weighted by atomic mass is 35.5. The smallest absolute Gasteiger partial charge is 0.459 e. The molecule has 16 heteroatoms. The zero-order valence-electron chi connectivity index (χ0n) is 20.7. The number of rotatable bonds is 10. The maximum Gasteiger partial charge on any atom is 0.459 e. The number of fused-ring (bicyclic) bond motifs is 1. The molecule has 1 unspecified atom stereocenters. The van der Waals surface area contributed by atoms with Gasteiger partial charge >= 0.3 is 13.7 Å². The molecule has 1 aliphatic heterocycles. The van der Waals surface area contributed by atoms with Gasteiger partial charge in [-0.15, -0.1) is 0 Å². The summed E-state index contributed by atoms with van der Waals surface area (Å²) < 4.78 is 37.1. The molecule has 4 rings (SSSR count). The number of hydrogen-bond acceptors (Lipinski definition) is 12. The van der Waals surface area contributed by atoms with Gasteiger partial charge in [0.1, 0.15) is 35.1 Å². The summed E-state index contributed by atoms with van der Waals surface area (Å²) in [7, 11) is -4.23. The number of halogens is 1. The van der Waals surface area contributed by atoms with Gasteiger partial charge in [-0.1, -0.05) is 18.2 Å². The summed E-state index contributed by atoms with van der Waals surface area (Å²) in [4.78, 5) is 24.2. The van der Waals surface area contributed by atoms with Crippen molar-refractivity contribution in [3.05, 3.63) is 41.9 Å². The first-order valence-electron chi connectivity index (χ1n) is 11.6. The number of hydrogen-bond donors (Lipinski definition) is 4. The Balaban J connectivity index is 1.56. The lowest BCUT2D eigenvalue weighted by atomic mass is 9.96. The predicted molar refractivity (Wildman–Crippen MR) is 135 cm³/mol. The predicted octanol–water partition coefficient (Wildman–Crippen LogP) is 1.82. The SMILES string of the molecule is CCOC(=O)[C@H](C)NP(=O)(OC[C@H]1O[C@@H](n2cnc3c(N)nc(Cl)nc32)[C@](C)(O)[C@@H]1O)Oc1ccccc1. The Hall–Kier alpha value is -2.84.